The lowest BCUT2D eigenvalue weighted by molar-refractivity contribution is -0.135. The molecule has 1 amide bonds. The maximum absolute atomic E-state index is 11.5. The molecule has 2 aliphatic heterocycles. The number of amides is 1. The number of hydrogen-bond acceptors (Lipinski definition) is 2. The van der Waals surface area contributed by atoms with Crippen LogP contribution < -0.4 is 0 Å². The number of hydrogen-bond donors (Lipinski definition) is 0. The Bertz CT molecular complexity index is 236. The van der Waals surface area contributed by atoms with Crippen molar-refractivity contribution in [2.24, 2.45) is 5.41 Å². The van der Waals surface area contributed by atoms with Gasteiger partial charge in [-0.2, -0.15) is 0 Å². The fourth-order valence-electron chi connectivity index (χ4n) is 2.90. The van der Waals surface area contributed by atoms with Crippen molar-refractivity contribution in [1.82, 2.24) is 9.80 Å². The highest BCUT2D eigenvalue weighted by Crippen LogP contribution is 2.40. The first-order valence-electron chi connectivity index (χ1n) is 6.19. The van der Waals surface area contributed by atoms with Gasteiger partial charge in [0.1, 0.15) is 0 Å². The first kappa shape index (κ1) is 10.9. The van der Waals surface area contributed by atoms with E-state index in [1.807, 2.05) is 11.8 Å². The van der Waals surface area contributed by atoms with E-state index in [9.17, 15) is 4.79 Å². The van der Waals surface area contributed by atoms with Crippen molar-refractivity contribution in [1.29, 1.82) is 0 Å². The van der Waals surface area contributed by atoms with Gasteiger partial charge in [-0.3, -0.25) is 4.79 Å². The van der Waals surface area contributed by atoms with Crippen molar-refractivity contribution >= 4 is 5.91 Å². The van der Waals surface area contributed by atoms with Gasteiger partial charge in [0.15, 0.2) is 0 Å². The molecule has 0 radical (unpaired) electrons. The zero-order valence-electron chi connectivity index (χ0n) is 9.96. The lowest BCUT2D eigenvalue weighted by Gasteiger charge is -2.54. The lowest BCUT2D eigenvalue weighted by Crippen LogP contribution is -2.60. The van der Waals surface area contributed by atoms with Crippen molar-refractivity contribution in [3.8, 4) is 0 Å². The van der Waals surface area contributed by atoms with Crippen molar-refractivity contribution in [2.75, 3.05) is 32.7 Å². The van der Waals surface area contributed by atoms with E-state index < -0.39 is 0 Å². The zero-order valence-corrected chi connectivity index (χ0v) is 9.96. The van der Waals surface area contributed by atoms with Gasteiger partial charge in [0.2, 0.25) is 5.91 Å². The van der Waals surface area contributed by atoms with E-state index >= 15 is 0 Å². The molecule has 0 aromatic carbocycles. The van der Waals surface area contributed by atoms with E-state index in [4.69, 9.17) is 0 Å². The highest BCUT2D eigenvalue weighted by atomic mass is 16.2. The Labute approximate surface area is 92.4 Å². The molecule has 0 aliphatic carbocycles. The van der Waals surface area contributed by atoms with Crippen LogP contribution in [-0.2, 0) is 4.79 Å². The molecule has 0 bridgehead atoms. The number of nitrogens with zero attached hydrogens (tertiary/aromatic N) is 2. The second-order valence-corrected chi connectivity index (χ2v) is 5.04. The third-order valence-electron chi connectivity index (χ3n) is 4.04. The average molecular weight is 210 g/mol. The van der Waals surface area contributed by atoms with Crippen molar-refractivity contribution in [3.05, 3.63) is 0 Å². The molecule has 2 saturated heterocycles. The van der Waals surface area contributed by atoms with E-state index in [0.717, 1.165) is 13.1 Å². The summed E-state index contributed by atoms with van der Waals surface area (Å²) in [6, 6.07) is 0. The number of likely N-dealkylation sites (tertiary alicyclic amines) is 2. The third kappa shape index (κ3) is 2.03. The highest BCUT2D eigenvalue weighted by Gasteiger charge is 2.44. The van der Waals surface area contributed by atoms with E-state index in [0.29, 0.717) is 17.7 Å². The quantitative estimate of drug-likeness (QED) is 0.686. The molecule has 2 rings (SSSR count). The minimum absolute atomic E-state index is 0.330. The van der Waals surface area contributed by atoms with Crippen LogP contribution in [0.4, 0.5) is 0 Å². The van der Waals surface area contributed by atoms with Crippen LogP contribution in [0.2, 0.25) is 0 Å². The molecule has 15 heavy (non-hydrogen) atoms. The monoisotopic (exact) mass is 210 g/mol. The van der Waals surface area contributed by atoms with Gasteiger partial charge in [0.05, 0.1) is 0 Å². The van der Waals surface area contributed by atoms with Gasteiger partial charge in [-0.15, -0.1) is 0 Å². The summed E-state index contributed by atoms with van der Waals surface area (Å²) in [4.78, 5) is 16.1. The van der Waals surface area contributed by atoms with Crippen molar-refractivity contribution in [3.63, 3.8) is 0 Å². The largest absolute Gasteiger partial charge is 0.343 e. The van der Waals surface area contributed by atoms with Gasteiger partial charge in [-0.05, 0) is 24.8 Å². The van der Waals surface area contributed by atoms with Gasteiger partial charge in [-0.1, -0.05) is 13.8 Å². The predicted molar refractivity (Wildman–Crippen MR) is 60.7 cm³/mol. The molecule has 3 heteroatoms. The van der Waals surface area contributed by atoms with Gasteiger partial charge < -0.3 is 9.80 Å². The summed E-state index contributed by atoms with van der Waals surface area (Å²) in [5.41, 5.74) is 0.570. The standard InChI is InChI=1S/C12H22N2O/c1-3-11(15)14-7-5-12(6-8-14)9-13(4-2)10-12/h3-10H2,1-2H3. The van der Waals surface area contributed by atoms with Gasteiger partial charge in [0.25, 0.3) is 0 Å². The van der Waals surface area contributed by atoms with Crippen LogP contribution in [-0.4, -0.2) is 48.4 Å². The zero-order chi connectivity index (χ0) is 10.9. The topological polar surface area (TPSA) is 23.6 Å². The molecule has 0 saturated carbocycles. The minimum Gasteiger partial charge on any atom is -0.343 e. The SMILES string of the molecule is CCC(=O)N1CCC2(CC1)CN(CC)C2. The summed E-state index contributed by atoms with van der Waals surface area (Å²) in [6.07, 6.45) is 3.10. The first-order chi connectivity index (χ1) is 7.19. The van der Waals surface area contributed by atoms with Crippen molar-refractivity contribution in [2.45, 2.75) is 33.1 Å². The number of carbonyl (C=O) groups excluding carboxylic acids is 1. The molecule has 86 valence electrons. The second kappa shape index (κ2) is 4.12. The summed E-state index contributed by atoms with van der Waals surface area (Å²) in [5, 5.41) is 0. The normalized spacial score (nSPS) is 25.3. The molecule has 3 nitrogen and oxygen atoms in total. The van der Waals surface area contributed by atoms with Crippen LogP contribution >= 0.6 is 0 Å². The molecule has 0 atom stereocenters. The van der Waals surface area contributed by atoms with E-state index in [1.165, 1.54) is 32.5 Å². The Morgan fingerprint density at radius 2 is 1.80 bits per heavy atom. The van der Waals surface area contributed by atoms with Crippen LogP contribution in [0.1, 0.15) is 33.1 Å². The smallest absolute Gasteiger partial charge is 0.222 e. The Morgan fingerprint density at radius 1 is 1.20 bits per heavy atom. The summed E-state index contributed by atoms with van der Waals surface area (Å²) in [7, 11) is 0. The maximum Gasteiger partial charge on any atom is 0.222 e. The van der Waals surface area contributed by atoms with Crippen LogP contribution in [0.5, 0.6) is 0 Å². The third-order valence-corrected chi connectivity index (χ3v) is 4.04. The van der Waals surface area contributed by atoms with Crippen LogP contribution in [0.15, 0.2) is 0 Å². The van der Waals surface area contributed by atoms with E-state index in [2.05, 4.69) is 11.8 Å². The molecule has 0 aromatic heterocycles. The van der Waals surface area contributed by atoms with Crippen molar-refractivity contribution < 1.29 is 4.79 Å². The Hall–Kier alpha value is -0.570. The molecule has 0 N–H and O–H groups in total. The average Bonchev–Trinajstić information content (AvgIpc) is 2.25. The predicted octanol–water partition coefficient (Wildman–Crippen LogP) is 1.34. The van der Waals surface area contributed by atoms with Gasteiger partial charge >= 0.3 is 0 Å². The number of carbonyl (C=O) groups is 1. The number of rotatable bonds is 2. The lowest BCUT2D eigenvalue weighted by atomic mass is 9.72. The van der Waals surface area contributed by atoms with E-state index in [1.54, 1.807) is 0 Å². The fraction of sp³-hybridized carbons (Fsp3) is 0.917. The first-order valence-corrected chi connectivity index (χ1v) is 6.19. The molecule has 2 heterocycles. The van der Waals surface area contributed by atoms with Crippen LogP contribution in [0.3, 0.4) is 0 Å². The summed E-state index contributed by atoms with van der Waals surface area (Å²) in [5.74, 6) is 0.330. The minimum atomic E-state index is 0.330. The van der Waals surface area contributed by atoms with Crippen LogP contribution in [0, 0.1) is 5.41 Å². The molecule has 1 spiro atoms. The van der Waals surface area contributed by atoms with E-state index in [-0.39, 0.29) is 0 Å². The maximum atomic E-state index is 11.5. The molecular formula is C12H22N2O. The Balaban J connectivity index is 1.80. The second-order valence-electron chi connectivity index (χ2n) is 5.04. The molecule has 2 aliphatic rings. The van der Waals surface area contributed by atoms with Crippen LogP contribution in [0.25, 0.3) is 0 Å². The summed E-state index contributed by atoms with van der Waals surface area (Å²) >= 11 is 0. The van der Waals surface area contributed by atoms with Gasteiger partial charge in [-0.25, -0.2) is 0 Å². The summed E-state index contributed by atoms with van der Waals surface area (Å²) in [6.45, 7) is 9.86. The summed E-state index contributed by atoms with van der Waals surface area (Å²) < 4.78 is 0. The van der Waals surface area contributed by atoms with Gasteiger partial charge in [0, 0.05) is 32.6 Å². The molecule has 0 unspecified atom stereocenters. The highest BCUT2D eigenvalue weighted by molar-refractivity contribution is 5.75. The Kier molecular flexibility index (Phi) is 3.01. The fourth-order valence-corrected chi connectivity index (χ4v) is 2.90. The molecular weight excluding hydrogens is 188 g/mol. The Morgan fingerprint density at radius 3 is 2.27 bits per heavy atom. The number of piperidine rings is 1. The molecule has 2 fully saturated rings. The molecule has 0 aromatic rings.